The number of amides is 1. The van der Waals surface area contributed by atoms with Crippen molar-refractivity contribution in [2.75, 3.05) is 13.7 Å². The lowest BCUT2D eigenvalue weighted by atomic mass is 10.2. The van der Waals surface area contributed by atoms with Gasteiger partial charge in [-0.05, 0) is 84.4 Å². The third kappa shape index (κ3) is 6.21. The van der Waals surface area contributed by atoms with Crippen molar-refractivity contribution < 1.29 is 19.0 Å². The molecule has 34 heavy (non-hydrogen) atoms. The van der Waals surface area contributed by atoms with Crippen LogP contribution in [-0.4, -0.2) is 24.8 Å². The molecule has 4 rings (SSSR count). The fraction of sp³-hybridized carbons (Fsp3) is 0.154. The lowest BCUT2D eigenvalue weighted by Crippen LogP contribution is -2.19. The zero-order valence-corrected chi connectivity index (χ0v) is 21.1. The van der Waals surface area contributed by atoms with Crippen LogP contribution in [0.5, 0.6) is 17.2 Å². The number of halogens is 1. The highest BCUT2D eigenvalue weighted by Gasteiger charge is 2.24. The molecule has 0 aromatic heterocycles. The molecule has 0 atom stereocenters. The maximum absolute atomic E-state index is 12.5. The Labute approximate surface area is 211 Å². The molecule has 1 aliphatic heterocycles. The van der Waals surface area contributed by atoms with Gasteiger partial charge in [-0.15, -0.1) is 0 Å². The molecule has 3 aromatic carbocycles. The second-order valence-corrected chi connectivity index (χ2v) is 9.18. The maximum atomic E-state index is 12.5. The van der Waals surface area contributed by atoms with E-state index in [2.05, 4.69) is 26.2 Å². The number of thioether (sulfide) groups is 1. The van der Waals surface area contributed by atoms with E-state index in [1.807, 2.05) is 79.7 Å². The molecule has 1 saturated heterocycles. The molecule has 1 heterocycles. The van der Waals surface area contributed by atoms with Crippen LogP contribution in [0.25, 0.3) is 6.08 Å². The maximum Gasteiger partial charge on any atom is 0.264 e. The number of ether oxygens (including phenoxy) is 3. The van der Waals surface area contributed by atoms with Gasteiger partial charge >= 0.3 is 0 Å². The van der Waals surface area contributed by atoms with Gasteiger partial charge in [-0.2, -0.15) is 0 Å². The lowest BCUT2D eigenvalue weighted by molar-refractivity contribution is -0.115. The van der Waals surface area contributed by atoms with Crippen LogP contribution in [0.4, 0.5) is 5.69 Å². The number of carbonyl (C=O) groups is 1. The third-order valence-corrected chi connectivity index (χ3v) is 6.26. The highest BCUT2D eigenvalue weighted by Crippen LogP contribution is 2.33. The van der Waals surface area contributed by atoms with E-state index in [1.54, 1.807) is 7.11 Å². The standard InChI is InChI=1S/C26H23BrN2O4S/c1-3-32-21-11-9-20(10-12-21)28-26-29-25(30)24(34-26)15-18-6-13-22(23(14-18)31-2)33-16-17-4-7-19(27)8-5-17/h4-15H,3,16H2,1-2H3,(H,28,29,30)/b24-15-. The van der Waals surface area contributed by atoms with Crippen LogP contribution in [0.15, 0.2) is 81.1 Å². The summed E-state index contributed by atoms with van der Waals surface area (Å²) in [6.07, 6.45) is 1.81. The predicted molar refractivity (Wildman–Crippen MR) is 140 cm³/mol. The summed E-state index contributed by atoms with van der Waals surface area (Å²) >= 11 is 4.72. The van der Waals surface area contributed by atoms with Gasteiger partial charge in [-0.1, -0.05) is 34.1 Å². The molecule has 1 amide bonds. The molecule has 0 unspecified atom stereocenters. The van der Waals surface area contributed by atoms with Crippen LogP contribution in [-0.2, 0) is 11.4 Å². The van der Waals surface area contributed by atoms with Crippen LogP contribution in [0, 0.1) is 0 Å². The van der Waals surface area contributed by atoms with E-state index in [-0.39, 0.29) is 5.91 Å². The van der Waals surface area contributed by atoms with Gasteiger partial charge in [0.2, 0.25) is 0 Å². The summed E-state index contributed by atoms with van der Waals surface area (Å²) in [7, 11) is 1.59. The molecule has 1 aliphatic rings. The number of carbonyl (C=O) groups excluding carboxylic acids is 1. The van der Waals surface area contributed by atoms with Gasteiger partial charge in [0.15, 0.2) is 16.7 Å². The molecule has 0 aliphatic carbocycles. The molecule has 8 heteroatoms. The van der Waals surface area contributed by atoms with Crippen molar-refractivity contribution in [1.82, 2.24) is 5.32 Å². The number of amidine groups is 1. The van der Waals surface area contributed by atoms with Crippen LogP contribution < -0.4 is 19.5 Å². The number of benzene rings is 3. The van der Waals surface area contributed by atoms with Gasteiger partial charge in [-0.25, -0.2) is 4.99 Å². The Balaban J connectivity index is 1.45. The van der Waals surface area contributed by atoms with Crippen molar-refractivity contribution >= 4 is 50.5 Å². The molecule has 0 spiro atoms. The lowest BCUT2D eigenvalue weighted by Gasteiger charge is -2.11. The number of methoxy groups -OCH3 is 1. The Kier molecular flexibility index (Phi) is 7.92. The summed E-state index contributed by atoms with van der Waals surface area (Å²) in [5.41, 5.74) is 2.61. The molecule has 6 nitrogen and oxygen atoms in total. The minimum absolute atomic E-state index is 0.191. The van der Waals surface area contributed by atoms with Crippen molar-refractivity contribution in [3.8, 4) is 17.2 Å². The second-order valence-electron chi connectivity index (χ2n) is 7.23. The van der Waals surface area contributed by atoms with Crippen molar-refractivity contribution in [3.05, 3.63) is 87.2 Å². The van der Waals surface area contributed by atoms with Gasteiger partial charge in [-0.3, -0.25) is 4.79 Å². The molecule has 0 saturated carbocycles. The fourth-order valence-electron chi connectivity index (χ4n) is 3.17. The van der Waals surface area contributed by atoms with Crippen molar-refractivity contribution in [1.29, 1.82) is 0 Å². The van der Waals surface area contributed by atoms with E-state index < -0.39 is 0 Å². The number of nitrogens with zero attached hydrogens (tertiary/aromatic N) is 1. The van der Waals surface area contributed by atoms with Crippen LogP contribution in [0.1, 0.15) is 18.1 Å². The molecule has 174 valence electrons. The Morgan fingerprint density at radius 3 is 2.47 bits per heavy atom. The SMILES string of the molecule is CCOc1ccc(N=C2NC(=O)/C(=C/c3ccc(OCc4ccc(Br)cc4)c(OC)c3)S2)cc1. The van der Waals surface area contributed by atoms with Crippen molar-refractivity contribution in [2.24, 2.45) is 4.99 Å². The molecule has 0 bridgehead atoms. The first-order chi connectivity index (χ1) is 16.5. The summed E-state index contributed by atoms with van der Waals surface area (Å²) in [5.74, 6) is 1.82. The first-order valence-electron chi connectivity index (χ1n) is 10.6. The zero-order chi connectivity index (χ0) is 23.9. The van der Waals surface area contributed by atoms with E-state index in [0.29, 0.717) is 34.8 Å². The normalized spacial score (nSPS) is 15.4. The van der Waals surface area contributed by atoms with Gasteiger partial charge in [0.1, 0.15) is 12.4 Å². The molecule has 0 radical (unpaired) electrons. The summed E-state index contributed by atoms with van der Waals surface area (Å²) in [5, 5.41) is 3.34. The predicted octanol–water partition coefficient (Wildman–Crippen LogP) is 6.33. The summed E-state index contributed by atoms with van der Waals surface area (Å²) in [6, 6.07) is 20.9. The average molecular weight is 539 g/mol. The number of rotatable bonds is 8. The molecule has 1 fully saturated rings. The first-order valence-corrected chi connectivity index (χ1v) is 12.2. The van der Waals surface area contributed by atoms with E-state index in [1.165, 1.54) is 11.8 Å². The molecular formula is C26H23BrN2O4S. The topological polar surface area (TPSA) is 69.2 Å². The van der Waals surface area contributed by atoms with Gasteiger partial charge < -0.3 is 19.5 Å². The molecular weight excluding hydrogens is 516 g/mol. The quantitative estimate of drug-likeness (QED) is 0.339. The van der Waals surface area contributed by atoms with Gasteiger partial charge in [0.25, 0.3) is 5.91 Å². The highest BCUT2D eigenvalue weighted by atomic mass is 79.9. The minimum Gasteiger partial charge on any atom is -0.494 e. The minimum atomic E-state index is -0.191. The van der Waals surface area contributed by atoms with Crippen molar-refractivity contribution in [3.63, 3.8) is 0 Å². The van der Waals surface area contributed by atoms with E-state index >= 15 is 0 Å². The average Bonchev–Trinajstić information content (AvgIpc) is 3.18. The number of nitrogens with one attached hydrogen (secondary N) is 1. The summed E-state index contributed by atoms with van der Waals surface area (Å²) in [6.45, 7) is 2.97. The smallest absolute Gasteiger partial charge is 0.264 e. The number of hydrogen-bond donors (Lipinski definition) is 1. The van der Waals surface area contributed by atoms with E-state index in [9.17, 15) is 4.79 Å². The number of hydrogen-bond acceptors (Lipinski definition) is 6. The molecule has 3 aromatic rings. The number of aliphatic imine (C=N–C) groups is 1. The highest BCUT2D eigenvalue weighted by molar-refractivity contribution is 9.10. The monoisotopic (exact) mass is 538 g/mol. The third-order valence-electron chi connectivity index (χ3n) is 4.82. The first kappa shape index (κ1) is 23.9. The van der Waals surface area contributed by atoms with Crippen LogP contribution in [0.2, 0.25) is 0 Å². The van der Waals surface area contributed by atoms with Crippen LogP contribution >= 0.6 is 27.7 Å². The van der Waals surface area contributed by atoms with E-state index in [4.69, 9.17) is 14.2 Å². The van der Waals surface area contributed by atoms with Gasteiger partial charge in [0.05, 0.1) is 24.3 Å². The Morgan fingerprint density at radius 1 is 1.00 bits per heavy atom. The zero-order valence-electron chi connectivity index (χ0n) is 18.7. The van der Waals surface area contributed by atoms with Gasteiger partial charge in [0, 0.05) is 4.47 Å². The molecule has 1 N–H and O–H groups in total. The fourth-order valence-corrected chi connectivity index (χ4v) is 4.27. The Morgan fingerprint density at radius 2 is 1.76 bits per heavy atom. The van der Waals surface area contributed by atoms with E-state index in [0.717, 1.165) is 27.0 Å². The summed E-state index contributed by atoms with van der Waals surface area (Å²) < 4.78 is 17.9. The largest absolute Gasteiger partial charge is 0.494 e. The van der Waals surface area contributed by atoms with Crippen LogP contribution in [0.3, 0.4) is 0 Å². The second kappa shape index (κ2) is 11.3. The Bertz CT molecular complexity index is 1220. The summed E-state index contributed by atoms with van der Waals surface area (Å²) in [4.78, 5) is 17.5. The van der Waals surface area contributed by atoms with Crippen molar-refractivity contribution in [2.45, 2.75) is 13.5 Å². The Hall–Kier alpha value is -3.23.